The molecule has 0 aliphatic carbocycles. The first-order chi connectivity index (χ1) is 6.15. The number of nitrogens with one attached hydrogen (secondary N) is 1. The van der Waals surface area contributed by atoms with Gasteiger partial charge in [0.1, 0.15) is 0 Å². The van der Waals surface area contributed by atoms with Crippen LogP contribution in [0.2, 0.25) is 0 Å². The van der Waals surface area contributed by atoms with E-state index in [0.29, 0.717) is 11.3 Å². The molecule has 5 nitrogen and oxygen atoms in total. The van der Waals surface area contributed by atoms with E-state index in [2.05, 4.69) is 10.3 Å². The molecule has 0 saturated heterocycles. The molecule has 0 radical (unpaired) electrons. The summed E-state index contributed by atoms with van der Waals surface area (Å²) in [6.07, 6.45) is 0. The van der Waals surface area contributed by atoms with E-state index in [-0.39, 0.29) is 5.69 Å². The van der Waals surface area contributed by atoms with Gasteiger partial charge in [0.2, 0.25) is 0 Å². The van der Waals surface area contributed by atoms with Crippen molar-refractivity contribution in [1.29, 1.82) is 0 Å². The summed E-state index contributed by atoms with van der Waals surface area (Å²) in [5.41, 5.74) is 3.81. The number of aryl methyl sites for hydroxylation is 1. The molecule has 13 heavy (non-hydrogen) atoms. The van der Waals surface area contributed by atoms with Gasteiger partial charge in [-0.25, -0.2) is 0 Å². The van der Waals surface area contributed by atoms with E-state index in [9.17, 15) is 10.1 Å². The van der Waals surface area contributed by atoms with Crippen molar-refractivity contribution < 1.29 is 9.76 Å². The Morgan fingerprint density at radius 2 is 2.23 bits per heavy atom. The largest absolute Gasteiger partial charge is 0.279 e. The SMILES string of the molecule is CONc1ccc(C)c([N+](=O)[O-])c1. The van der Waals surface area contributed by atoms with Crippen LogP contribution in [0.5, 0.6) is 0 Å². The van der Waals surface area contributed by atoms with E-state index in [1.807, 2.05) is 0 Å². The van der Waals surface area contributed by atoms with Crippen LogP contribution in [-0.2, 0) is 4.84 Å². The first-order valence-electron chi connectivity index (χ1n) is 3.69. The number of hydrogen-bond acceptors (Lipinski definition) is 4. The van der Waals surface area contributed by atoms with E-state index in [4.69, 9.17) is 0 Å². The Balaban J connectivity index is 3.04. The second kappa shape index (κ2) is 3.86. The maximum absolute atomic E-state index is 10.5. The fourth-order valence-corrected chi connectivity index (χ4v) is 0.987. The number of nitro benzene ring substituents is 1. The van der Waals surface area contributed by atoms with Crippen LogP contribution >= 0.6 is 0 Å². The lowest BCUT2D eigenvalue weighted by molar-refractivity contribution is -0.385. The monoisotopic (exact) mass is 182 g/mol. The molecule has 0 aromatic heterocycles. The van der Waals surface area contributed by atoms with Crippen LogP contribution in [0.4, 0.5) is 11.4 Å². The predicted octanol–water partition coefficient (Wildman–Crippen LogP) is 1.88. The lowest BCUT2D eigenvalue weighted by atomic mass is 10.2. The van der Waals surface area contributed by atoms with Gasteiger partial charge in [0.15, 0.2) is 0 Å². The number of benzene rings is 1. The molecule has 0 heterocycles. The Labute approximate surface area is 75.4 Å². The summed E-state index contributed by atoms with van der Waals surface area (Å²) in [6.45, 7) is 1.69. The summed E-state index contributed by atoms with van der Waals surface area (Å²) in [5.74, 6) is 0. The first-order valence-corrected chi connectivity index (χ1v) is 3.69. The minimum absolute atomic E-state index is 0.0852. The van der Waals surface area contributed by atoms with E-state index in [1.54, 1.807) is 19.1 Å². The molecule has 0 unspecified atom stereocenters. The topological polar surface area (TPSA) is 64.4 Å². The third-order valence-corrected chi connectivity index (χ3v) is 1.63. The molecule has 0 aliphatic rings. The molecule has 0 aliphatic heterocycles. The molecule has 70 valence electrons. The van der Waals surface area contributed by atoms with Crippen LogP contribution in [0.3, 0.4) is 0 Å². The van der Waals surface area contributed by atoms with Crippen molar-refractivity contribution in [2.75, 3.05) is 12.6 Å². The molecule has 1 aromatic carbocycles. The lowest BCUT2D eigenvalue weighted by Gasteiger charge is -2.03. The molecular weight excluding hydrogens is 172 g/mol. The molecule has 0 spiro atoms. The average Bonchev–Trinajstić information content (AvgIpc) is 2.08. The molecular formula is C8H10N2O3. The van der Waals surface area contributed by atoms with Gasteiger partial charge in [0, 0.05) is 11.6 Å². The van der Waals surface area contributed by atoms with Crippen LogP contribution in [-0.4, -0.2) is 12.0 Å². The summed E-state index contributed by atoms with van der Waals surface area (Å²) >= 11 is 0. The Morgan fingerprint density at radius 1 is 1.54 bits per heavy atom. The highest BCUT2D eigenvalue weighted by molar-refractivity contribution is 5.53. The van der Waals surface area contributed by atoms with Gasteiger partial charge in [0.25, 0.3) is 5.69 Å². The maximum Gasteiger partial charge on any atom is 0.274 e. The van der Waals surface area contributed by atoms with E-state index in [0.717, 1.165) is 0 Å². The summed E-state index contributed by atoms with van der Waals surface area (Å²) in [5, 5.41) is 10.5. The van der Waals surface area contributed by atoms with Crippen molar-refractivity contribution >= 4 is 11.4 Å². The zero-order valence-electron chi connectivity index (χ0n) is 7.40. The molecule has 1 rings (SSSR count). The Hall–Kier alpha value is -1.62. The fourth-order valence-electron chi connectivity index (χ4n) is 0.987. The van der Waals surface area contributed by atoms with Crippen molar-refractivity contribution in [3.05, 3.63) is 33.9 Å². The van der Waals surface area contributed by atoms with Gasteiger partial charge < -0.3 is 0 Å². The highest BCUT2D eigenvalue weighted by atomic mass is 16.6. The summed E-state index contributed by atoms with van der Waals surface area (Å²) < 4.78 is 0. The minimum atomic E-state index is -0.420. The first kappa shape index (κ1) is 9.47. The Bertz CT molecular complexity index is 325. The highest BCUT2D eigenvalue weighted by Gasteiger charge is 2.10. The van der Waals surface area contributed by atoms with Gasteiger partial charge >= 0.3 is 0 Å². The zero-order valence-corrected chi connectivity index (χ0v) is 7.40. The quantitative estimate of drug-likeness (QED) is 0.572. The molecule has 5 heteroatoms. The smallest absolute Gasteiger partial charge is 0.274 e. The Kier molecular flexibility index (Phi) is 2.81. The highest BCUT2D eigenvalue weighted by Crippen LogP contribution is 2.21. The van der Waals surface area contributed by atoms with Crippen LogP contribution < -0.4 is 5.48 Å². The zero-order chi connectivity index (χ0) is 9.84. The van der Waals surface area contributed by atoms with Crippen molar-refractivity contribution in [3.8, 4) is 0 Å². The third kappa shape index (κ3) is 2.16. The maximum atomic E-state index is 10.5. The molecule has 0 bridgehead atoms. The van der Waals surface area contributed by atoms with Gasteiger partial charge in [-0.05, 0) is 13.0 Å². The minimum Gasteiger partial charge on any atom is -0.279 e. The van der Waals surface area contributed by atoms with E-state index >= 15 is 0 Å². The molecule has 0 fully saturated rings. The molecule has 0 saturated carbocycles. The summed E-state index contributed by atoms with van der Waals surface area (Å²) in [7, 11) is 1.45. The number of nitrogens with zero attached hydrogens (tertiary/aromatic N) is 1. The summed E-state index contributed by atoms with van der Waals surface area (Å²) in [4.78, 5) is 14.7. The third-order valence-electron chi connectivity index (χ3n) is 1.63. The standard InChI is InChI=1S/C8H10N2O3/c1-6-3-4-7(9-13-2)5-8(6)10(11)12/h3-5,9H,1-2H3. The molecule has 1 N–H and O–H groups in total. The molecule has 0 atom stereocenters. The van der Waals surface area contributed by atoms with Crippen molar-refractivity contribution in [2.45, 2.75) is 6.92 Å². The van der Waals surface area contributed by atoms with Crippen LogP contribution in [0.15, 0.2) is 18.2 Å². The predicted molar refractivity (Wildman–Crippen MR) is 48.5 cm³/mol. The van der Waals surface area contributed by atoms with Crippen LogP contribution in [0.1, 0.15) is 5.56 Å². The lowest BCUT2D eigenvalue weighted by Crippen LogP contribution is -1.98. The van der Waals surface area contributed by atoms with Crippen molar-refractivity contribution in [2.24, 2.45) is 0 Å². The van der Waals surface area contributed by atoms with Crippen LogP contribution in [0, 0.1) is 17.0 Å². The number of nitro groups is 1. The normalized spacial score (nSPS) is 9.69. The second-order valence-corrected chi connectivity index (χ2v) is 2.56. The fraction of sp³-hybridized carbons (Fsp3) is 0.250. The van der Waals surface area contributed by atoms with E-state index in [1.165, 1.54) is 13.2 Å². The number of hydrogen-bond donors (Lipinski definition) is 1. The summed E-state index contributed by atoms with van der Waals surface area (Å²) in [6, 6.07) is 4.81. The molecule has 1 aromatic rings. The molecule has 0 amide bonds. The van der Waals surface area contributed by atoms with Gasteiger partial charge in [0.05, 0.1) is 17.7 Å². The van der Waals surface area contributed by atoms with Gasteiger partial charge in [-0.3, -0.25) is 20.4 Å². The van der Waals surface area contributed by atoms with Gasteiger partial charge in [-0.1, -0.05) is 6.07 Å². The van der Waals surface area contributed by atoms with Gasteiger partial charge in [-0.2, -0.15) is 0 Å². The second-order valence-electron chi connectivity index (χ2n) is 2.56. The van der Waals surface area contributed by atoms with E-state index < -0.39 is 4.92 Å². The van der Waals surface area contributed by atoms with Gasteiger partial charge in [-0.15, -0.1) is 0 Å². The number of anilines is 1. The van der Waals surface area contributed by atoms with Crippen molar-refractivity contribution in [3.63, 3.8) is 0 Å². The van der Waals surface area contributed by atoms with Crippen LogP contribution in [0.25, 0.3) is 0 Å². The Morgan fingerprint density at radius 3 is 2.77 bits per heavy atom. The number of rotatable bonds is 3. The van der Waals surface area contributed by atoms with Crippen molar-refractivity contribution in [1.82, 2.24) is 0 Å². The average molecular weight is 182 g/mol.